The Hall–Kier alpha value is -0.570. The third-order valence-corrected chi connectivity index (χ3v) is 0.823. The zero-order chi connectivity index (χ0) is 7.28. The van der Waals surface area contributed by atoms with Gasteiger partial charge in [-0.2, -0.15) is 0 Å². The van der Waals surface area contributed by atoms with Gasteiger partial charge in [0.2, 0.25) is 5.91 Å². The summed E-state index contributed by atoms with van der Waals surface area (Å²) in [7, 11) is 0. The van der Waals surface area contributed by atoms with Crippen LogP contribution in [0.2, 0.25) is 0 Å². The van der Waals surface area contributed by atoms with Crippen molar-refractivity contribution in [3.63, 3.8) is 0 Å². The Morgan fingerprint density at radius 3 is 2.67 bits per heavy atom. The number of ether oxygens (including phenoxy) is 1. The summed E-state index contributed by atoms with van der Waals surface area (Å²) in [6, 6.07) is 0. The fourth-order valence-electron chi connectivity index (χ4n) is 0.578. The first-order valence-corrected chi connectivity index (χ1v) is 3.05. The summed E-state index contributed by atoms with van der Waals surface area (Å²) in [5.41, 5.74) is 0. The van der Waals surface area contributed by atoms with Crippen LogP contribution in [0.3, 0.4) is 0 Å². The van der Waals surface area contributed by atoms with Crippen molar-refractivity contribution in [3.05, 3.63) is 0 Å². The Morgan fingerprint density at radius 1 is 1.78 bits per heavy atom. The first kappa shape index (κ1) is 8.43. The zero-order valence-corrected chi connectivity index (χ0v) is 6.10. The highest BCUT2D eigenvalue weighted by Crippen LogP contribution is 1.82. The van der Waals surface area contributed by atoms with Gasteiger partial charge in [0, 0.05) is 13.5 Å². The van der Waals surface area contributed by atoms with Crippen LogP contribution in [0.5, 0.6) is 0 Å². The van der Waals surface area contributed by atoms with Crippen molar-refractivity contribution >= 4 is 5.91 Å². The Kier molecular flexibility index (Phi) is 4.05. The van der Waals surface area contributed by atoms with E-state index in [4.69, 9.17) is 4.74 Å². The van der Waals surface area contributed by atoms with Crippen LogP contribution < -0.4 is 5.32 Å². The molecule has 0 aliphatic rings. The standard InChI is InChI=1S/C6H13NO2/c1-4-9-6(3)7-5(2)8/h6H,4H2,1-3H3,(H,7,8)/t6-/m1/s1. The lowest BCUT2D eigenvalue weighted by Crippen LogP contribution is -2.32. The second-order valence-electron chi connectivity index (χ2n) is 1.80. The van der Waals surface area contributed by atoms with Crippen molar-refractivity contribution in [2.75, 3.05) is 6.61 Å². The minimum absolute atomic E-state index is 0.0593. The van der Waals surface area contributed by atoms with Crippen molar-refractivity contribution in [2.24, 2.45) is 0 Å². The van der Waals surface area contributed by atoms with Gasteiger partial charge in [-0.25, -0.2) is 0 Å². The summed E-state index contributed by atoms with van der Waals surface area (Å²) in [4.78, 5) is 10.3. The number of nitrogens with one attached hydrogen (secondary N) is 1. The maximum absolute atomic E-state index is 10.3. The summed E-state index contributed by atoms with van der Waals surface area (Å²) in [6.45, 7) is 5.78. The minimum atomic E-state index is -0.160. The van der Waals surface area contributed by atoms with E-state index in [0.717, 1.165) is 0 Å². The van der Waals surface area contributed by atoms with Gasteiger partial charge < -0.3 is 10.1 Å². The average Bonchev–Trinajstić information content (AvgIpc) is 1.63. The van der Waals surface area contributed by atoms with Crippen molar-refractivity contribution in [2.45, 2.75) is 27.0 Å². The van der Waals surface area contributed by atoms with E-state index in [1.807, 2.05) is 6.92 Å². The van der Waals surface area contributed by atoms with Gasteiger partial charge in [0.15, 0.2) is 0 Å². The summed E-state index contributed by atoms with van der Waals surface area (Å²) < 4.78 is 5.02. The van der Waals surface area contributed by atoms with Crippen molar-refractivity contribution < 1.29 is 9.53 Å². The van der Waals surface area contributed by atoms with Crippen LogP contribution in [0.15, 0.2) is 0 Å². The summed E-state index contributed by atoms with van der Waals surface area (Å²) >= 11 is 0. The number of amides is 1. The summed E-state index contributed by atoms with van der Waals surface area (Å²) in [5.74, 6) is -0.0593. The lowest BCUT2D eigenvalue weighted by Gasteiger charge is -2.10. The monoisotopic (exact) mass is 131 g/mol. The Balaban J connectivity index is 3.26. The molecule has 1 atom stereocenters. The molecule has 0 aromatic carbocycles. The SMILES string of the molecule is CCO[C@H](C)NC(C)=O. The number of rotatable bonds is 3. The van der Waals surface area contributed by atoms with Crippen molar-refractivity contribution in [1.82, 2.24) is 5.32 Å². The Bertz CT molecular complexity index is 93.1. The molecule has 0 aliphatic heterocycles. The predicted molar refractivity (Wildman–Crippen MR) is 34.9 cm³/mol. The van der Waals surface area contributed by atoms with Gasteiger partial charge in [0.05, 0.1) is 0 Å². The molecule has 0 radical (unpaired) electrons. The molecule has 0 aromatic heterocycles. The van der Waals surface area contributed by atoms with E-state index >= 15 is 0 Å². The van der Waals surface area contributed by atoms with Crippen LogP contribution in [0.1, 0.15) is 20.8 Å². The molecule has 0 fully saturated rings. The number of hydrogen-bond donors (Lipinski definition) is 1. The van der Waals surface area contributed by atoms with Gasteiger partial charge in [-0.3, -0.25) is 4.79 Å². The molecule has 3 nitrogen and oxygen atoms in total. The number of carbonyl (C=O) groups excluding carboxylic acids is 1. The van der Waals surface area contributed by atoms with Gasteiger partial charge in [0.25, 0.3) is 0 Å². The summed E-state index contributed by atoms with van der Waals surface area (Å²) in [5, 5.41) is 2.58. The highest BCUT2D eigenvalue weighted by molar-refractivity contribution is 5.72. The zero-order valence-electron chi connectivity index (χ0n) is 6.10. The van der Waals surface area contributed by atoms with Gasteiger partial charge in [0.1, 0.15) is 6.23 Å². The molecule has 0 spiro atoms. The Morgan fingerprint density at radius 2 is 2.33 bits per heavy atom. The highest BCUT2D eigenvalue weighted by Gasteiger charge is 1.98. The molecule has 54 valence electrons. The topological polar surface area (TPSA) is 38.3 Å². The molecule has 3 heteroatoms. The highest BCUT2D eigenvalue weighted by atomic mass is 16.5. The molecule has 0 saturated heterocycles. The number of hydrogen-bond acceptors (Lipinski definition) is 2. The molecule has 0 rings (SSSR count). The molecule has 0 heterocycles. The normalized spacial score (nSPS) is 12.8. The molecular formula is C6H13NO2. The molecule has 9 heavy (non-hydrogen) atoms. The van der Waals surface area contributed by atoms with E-state index in [9.17, 15) is 4.79 Å². The van der Waals surface area contributed by atoms with E-state index in [1.54, 1.807) is 6.92 Å². The lowest BCUT2D eigenvalue weighted by molar-refractivity contribution is -0.122. The fraction of sp³-hybridized carbons (Fsp3) is 0.833. The minimum Gasteiger partial charge on any atom is -0.359 e. The average molecular weight is 131 g/mol. The first-order valence-electron chi connectivity index (χ1n) is 3.05. The molecule has 0 bridgehead atoms. The van der Waals surface area contributed by atoms with E-state index < -0.39 is 0 Å². The van der Waals surface area contributed by atoms with Crippen LogP contribution in [0.25, 0.3) is 0 Å². The molecule has 0 aliphatic carbocycles. The fourth-order valence-corrected chi connectivity index (χ4v) is 0.578. The lowest BCUT2D eigenvalue weighted by atomic mass is 10.6. The van der Waals surface area contributed by atoms with E-state index in [0.29, 0.717) is 6.61 Å². The maximum Gasteiger partial charge on any atom is 0.218 e. The van der Waals surface area contributed by atoms with Crippen LogP contribution in [-0.2, 0) is 9.53 Å². The van der Waals surface area contributed by atoms with Crippen LogP contribution in [0, 0.1) is 0 Å². The molecule has 1 N–H and O–H groups in total. The molecule has 1 amide bonds. The third-order valence-electron chi connectivity index (χ3n) is 0.823. The molecule has 0 unspecified atom stereocenters. The predicted octanol–water partition coefficient (Wildman–Crippen LogP) is 0.505. The van der Waals surface area contributed by atoms with Gasteiger partial charge >= 0.3 is 0 Å². The molecule has 0 saturated carbocycles. The largest absolute Gasteiger partial charge is 0.359 e. The summed E-state index contributed by atoms with van der Waals surface area (Å²) in [6.07, 6.45) is -0.160. The van der Waals surface area contributed by atoms with Crippen molar-refractivity contribution in [1.29, 1.82) is 0 Å². The van der Waals surface area contributed by atoms with Gasteiger partial charge in [-0.15, -0.1) is 0 Å². The molecular weight excluding hydrogens is 118 g/mol. The van der Waals surface area contributed by atoms with E-state index in [2.05, 4.69) is 5.32 Å². The Labute approximate surface area is 55.4 Å². The molecule has 0 aromatic rings. The number of carbonyl (C=O) groups is 1. The van der Waals surface area contributed by atoms with Crippen LogP contribution in [-0.4, -0.2) is 18.7 Å². The van der Waals surface area contributed by atoms with Crippen LogP contribution in [0.4, 0.5) is 0 Å². The van der Waals surface area contributed by atoms with Crippen molar-refractivity contribution in [3.8, 4) is 0 Å². The van der Waals surface area contributed by atoms with Gasteiger partial charge in [-0.05, 0) is 13.8 Å². The van der Waals surface area contributed by atoms with E-state index in [1.165, 1.54) is 6.92 Å². The van der Waals surface area contributed by atoms with Crippen LogP contribution >= 0.6 is 0 Å². The first-order chi connectivity index (χ1) is 4.16. The third kappa shape index (κ3) is 5.30. The smallest absolute Gasteiger partial charge is 0.218 e. The second-order valence-corrected chi connectivity index (χ2v) is 1.80. The van der Waals surface area contributed by atoms with E-state index in [-0.39, 0.29) is 12.1 Å². The quantitative estimate of drug-likeness (QED) is 0.566. The maximum atomic E-state index is 10.3. The van der Waals surface area contributed by atoms with Gasteiger partial charge in [-0.1, -0.05) is 0 Å². The second kappa shape index (κ2) is 4.32.